The summed E-state index contributed by atoms with van der Waals surface area (Å²) in [4.78, 5) is 11.4. The van der Waals surface area contributed by atoms with E-state index in [9.17, 15) is 4.79 Å². The molecule has 74 valence electrons. The van der Waals surface area contributed by atoms with Crippen LogP contribution in [0.2, 0.25) is 0 Å². The van der Waals surface area contributed by atoms with Crippen molar-refractivity contribution in [2.24, 2.45) is 0 Å². The maximum Gasteiger partial charge on any atom is 0.256 e. The molecule has 0 aliphatic carbocycles. The highest BCUT2D eigenvalue weighted by atomic mass is 16.1. The fourth-order valence-corrected chi connectivity index (χ4v) is 0.936. The second-order valence-electron chi connectivity index (χ2n) is 2.63. The predicted molar refractivity (Wildman–Crippen MR) is 53.4 cm³/mol. The molecule has 1 aromatic rings. The van der Waals surface area contributed by atoms with E-state index in [1.165, 1.54) is 6.20 Å². The van der Waals surface area contributed by atoms with Crippen molar-refractivity contribution < 1.29 is 4.79 Å². The third kappa shape index (κ3) is 2.52. The van der Waals surface area contributed by atoms with Crippen molar-refractivity contribution in [2.75, 3.05) is 12.3 Å². The lowest BCUT2D eigenvalue weighted by Gasteiger charge is -2.00. The molecule has 0 aromatic carbocycles. The van der Waals surface area contributed by atoms with Crippen LogP contribution in [0.25, 0.3) is 0 Å². The lowest BCUT2D eigenvalue weighted by molar-refractivity contribution is 0.0955. The van der Waals surface area contributed by atoms with Crippen LogP contribution < -0.4 is 11.1 Å². The lowest BCUT2D eigenvalue weighted by Crippen LogP contribution is -2.24. The third-order valence-electron chi connectivity index (χ3n) is 1.63. The van der Waals surface area contributed by atoms with Gasteiger partial charge in [-0.15, -0.1) is 11.8 Å². The summed E-state index contributed by atoms with van der Waals surface area (Å²) in [5.41, 5.74) is 5.83. The molecule has 0 saturated heterocycles. The Morgan fingerprint density at radius 2 is 2.57 bits per heavy atom. The molecule has 0 atom stereocenters. The van der Waals surface area contributed by atoms with Crippen LogP contribution in [0.15, 0.2) is 6.20 Å². The summed E-state index contributed by atoms with van der Waals surface area (Å²) < 4.78 is 0. The Balaban J connectivity index is 2.42. The van der Waals surface area contributed by atoms with Gasteiger partial charge in [-0.25, -0.2) is 0 Å². The van der Waals surface area contributed by atoms with Crippen molar-refractivity contribution in [3.05, 3.63) is 11.8 Å². The van der Waals surface area contributed by atoms with Crippen molar-refractivity contribution in [1.29, 1.82) is 0 Å². The summed E-state index contributed by atoms with van der Waals surface area (Å²) in [6.07, 6.45) is 2.04. The van der Waals surface area contributed by atoms with Crippen LogP contribution in [0.3, 0.4) is 0 Å². The van der Waals surface area contributed by atoms with E-state index in [1.807, 2.05) is 0 Å². The van der Waals surface area contributed by atoms with Gasteiger partial charge in [-0.3, -0.25) is 9.89 Å². The number of carbonyl (C=O) groups is 1. The molecular formula is C9H12N4O. The largest absolute Gasteiger partial charge is 0.383 e. The normalized spacial score (nSPS) is 8.93. The first kappa shape index (κ1) is 10.1. The van der Waals surface area contributed by atoms with Gasteiger partial charge in [0.2, 0.25) is 0 Å². The molecule has 5 heteroatoms. The van der Waals surface area contributed by atoms with Gasteiger partial charge in [0.15, 0.2) is 0 Å². The van der Waals surface area contributed by atoms with Gasteiger partial charge >= 0.3 is 0 Å². The van der Waals surface area contributed by atoms with E-state index in [4.69, 9.17) is 5.73 Å². The van der Waals surface area contributed by atoms with Crippen molar-refractivity contribution >= 4 is 11.7 Å². The van der Waals surface area contributed by atoms with Crippen LogP contribution in [0.1, 0.15) is 23.7 Å². The molecule has 0 radical (unpaired) electrons. The highest BCUT2D eigenvalue weighted by Gasteiger charge is 2.09. The average molecular weight is 192 g/mol. The van der Waals surface area contributed by atoms with Crippen LogP contribution in [-0.2, 0) is 0 Å². The topological polar surface area (TPSA) is 83.8 Å². The number of nitrogens with zero attached hydrogens (tertiary/aromatic N) is 1. The van der Waals surface area contributed by atoms with Crippen LogP contribution in [0.4, 0.5) is 5.82 Å². The molecule has 5 nitrogen and oxygen atoms in total. The molecule has 0 saturated carbocycles. The number of anilines is 1. The van der Waals surface area contributed by atoms with Crippen molar-refractivity contribution in [1.82, 2.24) is 15.5 Å². The number of hydrogen-bond acceptors (Lipinski definition) is 3. The first-order chi connectivity index (χ1) is 6.75. The van der Waals surface area contributed by atoms with Gasteiger partial charge in [0.25, 0.3) is 5.91 Å². The van der Waals surface area contributed by atoms with Crippen molar-refractivity contribution in [2.45, 2.75) is 13.3 Å². The van der Waals surface area contributed by atoms with E-state index in [2.05, 4.69) is 27.4 Å². The minimum absolute atomic E-state index is 0.228. The van der Waals surface area contributed by atoms with Gasteiger partial charge in [-0.2, -0.15) is 5.10 Å². The molecular weight excluding hydrogens is 180 g/mol. The number of carbonyl (C=O) groups excluding carboxylic acids is 1. The maximum atomic E-state index is 11.4. The Hall–Kier alpha value is -1.96. The van der Waals surface area contributed by atoms with E-state index < -0.39 is 0 Å². The Labute approximate surface area is 82.1 Å². The number of aromatic nitrogens is 2. The molecule has 1 amide bonds. The zero-order chi connectivity index (χ0) is 10.4. The van der Waals surface area contributed by atoms with E-state index in [1.54, 1.807) is 6.92 Å². The summed E-state index contributed by atoms with van der Waals surface area (Å²) >= 11 is 0. The monoisotopic (exact) mass is 192 g/mol. The van der Waals surface area contributed by atoms with Gasteiger partial charge in [0, 0.05) is 13.0 Å². The molecule has 1 aromatic heterocycles. The summed E-state index contributed by atoms with van der Waals surface area (Å²) in [7, 11) is 0. The quantitative estimate of drug-likeness (QED) is 0.470. The Morgan fingerprint density at radius 1 is 1.79 bits per heavy atom. The number of nitrogen functional groups attached to an aromatic ring is 1. The van der Waals surface area contributed by atoms with Crippen molar-refractivity contribution in [3.8, 4) is 11.8 Å². The van der Waals surface area contributed by atoms with E-state index in [0.29, 0.717) is 18.5 Å². The van der Waals surface area contributed by atoms with E-state index >= 15 is 0 Å². The molecule has 0 aliphatic heterocycles. The predicted octanol–water partition coefficient (Wildman–Crippen LogP) is 0.135. The minimum atomic E-state index is -0.228. The van der Waals surface area contributed by atoms with Crippen LogP contribution in [0, 0.1) is 11.8 Å². The number of amides is 1. The highest BCUT2D eigenvalue weighted by molar-refractivity contribution is 5.98. The second kappa shape index (κ2) is 4.92. The van der Waals surface area contributed by atoms with Gasteiger partial charge in [-0.1, -0.05) is 0 Å². The Kier molecular flexibility index (Phi) is 3.56. The lowest BCUT2D eigenvalue weighted by atomic mass is 10.3. The molecule has 0 bridgehead atoms. The minimum Gasteiger partial charge on any atom is -0.383 e. The smallest absolute Gasteiger partial charge is 0.256 e. The standard InChI is InChI=1S/C9H12N4O/c1-2-3-4-5-11-9(14)7-6-12-13-8(7)10/h6H,4-5H2,1H3,(H,11,14)(H3,10,12,13). The van der Waals surface area contributed by atoms with E-state index in [-0.39, 0.29) is 11.7 Å². The summed E-state index contributed by atoms with van der Waals surface area (Å²) in [6.45, 7) is 2.28. The number of nitrogens with one attached hydrogen (secondary N) is 2. The molecule has 14 heavy (non-hydrogen) atoms. The van der Waals surface area contributed by atoms with Gasteiger partial charge < -0.3 is 11.1 Å². The number of nitrogens with two attached hydrogens (primary N) is 1. The summed E-state index contributed by atoms with van der Waals surface area (Å²) in [5, 5.41) is 8.82. The first-order valence-electron chi connectivity index (χ1n) is 4.22. The van der Waals surface area contributed by atoms with Gasteiger partial charge in [0.1, 0.15) is 11.4 Å². The van der Waals surface area contributed by atoms with Crippen LogP contribution >= 0.6 is 0 Å². The fraction of sp³-hybridized carbons (Fsp3) is 0.333. The molecule has 1 rings (SSSR count). The Morgan fingerprint density at radius 3 is 3.14 bits per heavy atom. The second-order valence-corrected chi connectivity index (χ2v) is 2.63. The van der Waals surface area contributed by atoms with E-state index in [0.717, 1.165) is 0 Å². The molecule has 4 N–H and O–H groups in total. The number of aromatic amines is 1. The summed E-state index contributed by atoms with van der Waals surface area (Å²) in [6, 6.07) is 0. The molecule has 0 fully saturated rings. The SMILES string of the molecule is CC#CCCNC(=O)c1cn[nH]c1N. The van der Waals surface area contributed by atoms with Crippen LogP contribution in [-0.4, -0.2) is 22.6 Å². The number of H-pyrrole nitrogens is 1. The molecule has 0 spiro atoms. The number of hydrogen-bond donors (Lipinski definition) is 3. The van der Waals surface area contributed by atoms with Gasteiger partial charge in [-0.05, 0) is 6.92 Å². The molecule has 1 heterocycles. The Bertz CT molecular complexity index is 372. The highest BCUT2D eigenvalue weighted by Crippen LogP contribution is 2.04. The summed E-state index contributed by atoms with van der Waals surface area (Å²) in [5.74, 6) is 5.64. The average Bonchev–Trinajstić information content (AvgIpc) is 2.59. The van der Waals surface area contributed by atoms with Crippen LogP contribution in [0.5, 0.6) is 0 Å². The zero-order valence-corrected chi connectivity index (χ0v) is 7.92. The van der Waals surface area contributed by atoms with Gasteiger partial charge in [0.05, 0.1) is 6.20 Å². The maximum absolute atomic E-state index is 11.4. The fourth-order valence-electron chi connectivity index (χ4n) is 0.936. The van der Waals surface area contributed by atoms with Crippen molar-refractivity contribution in [3.63, 3.8) is 0 Å². The third-order valence-corrected chi connectivity index (χ3v) is 1.63. The molecule has 0 aliphatic rings. The number of rotatable bonds is 3. The first-order valence-corrected chi connectivity index (χ1v) is 4.22. The molecule has 0 unspecified atom stereocenters. The zero-order valence-electron chi connectivity index (χ0n) is 7.92.